The fourth-order valence-electron chi connectivity index (χ4n) is 3.99. The first-order valence-electron chi connectivity index (χ1n) is 8.15. The van der Waals surface area contributed by atoms with Crippen molar-refractivity contribution in [3.8, 4) is 5.75 Å². The van der Waals surface area contributed by atoms with Crippen LogP contribution >= 0.6 is 0 Å². The molecule has 2 heterocycles. The van der Waals surface area contributed by atoms with Gasteiger partial charge in [-0.05, 0) is 55.3 Å². The van der Waals surface area contributed by atoms with Gasteiger partial charge in [0.25, 0.3) is 0 Å². The second-order valence-electron chi connectivity index (χ2n) is 6.22. The molecule has 3 heteroatoms. The van der Waals surface area contributed by atoms with Crippen LogP contribution in [-0.2, 0) is 0 Å². The number of ether oxygens (including phenoxy) is 1. The van der Waals surface area contributed by atoms with E-state index in [0.29, 0.717) is 18.6 Å². The van der Waals surface area contributed by atoms with E-state index in [0.717, 1.165) is 17.9 Å². The minimum atomic E-state index is -0.195. The van der Waals surface area contributed by atoms with Crippen LogP contribution in [0.25, 0.3) is 5.70 Å². The number of halogens is 1. The third-order valence-corrected chi connectivity index (χ3v) is 5.05. The van der Waals surface area contributed by atoms with Crippen LogP contribution in [0.5, 0.6) is 5.75 Å². The maximum absolute atomic E-state index is 13.3. The molecule has 0 N–H and O–H groups in total. The molecule has 0 saturated heterocycles. The van der Waals surface area contributed by atoms with Crippen LogP contribution in [-0.4, -0.2) is 18.1 Å². The Morgan fingerprint density at radius 2 is 1.87 bits per heavy atom. The molecule has 4 rings (SSSR count). The monoisotopic (exact) mass is 309 g/mol. The van der Waals surface area contributed by atoms with Crippen molar-refractivity contribution in [2.75, 3.05) is 13.2 Å². The molecular weight excluding hydrogens is 289 g/mol. The van der Waals surface area contributed by atoms with Gasteiger partial charge in [-0.15, -0.1) is 0 Å². The number of para-hydroxylation sites is 1. The molecule has 2 aromatic rings. The van der Waals surface area contributed by atoms with Gasteiger partial charge in [-0.1, -0.05) is 18.2 Å². The maximum Gasteiger partial charge on any atom is 0.124 e. The Hall–Kier alpha value is -2.29. The molecule has 0 amide bonds. The molecule has 23 heavy (non-hydrogen) atoms. The highest BCUT2D eigenvalue weighted by Crippen LogP contribution is 2.51. The van der Waals surface area contributed by atoms with Crippen LogP contribution in [0.4, 0.5) is 4.39 Å². The number of benzene rings is 2. The molecule has 0 fully saturated rings. The molecule has 118 valence electrons. The lowest BCUT2D eigenvalue weighted by Crippen LogP contribution is -2.32. The summed E-state index contributed by atoms with van der Waals surface area (Å²) in [5.41, 5.74) is 4.89. The third kappa shape index (κ3) is 2.14. The maximum atomic E-state index is 13.3. The van der Waals surface area contributed by atoms with Crippen molar-refractivity contribution < 1.29 is 9.13 Å². The highest BCUT2D eigenvalue weighted by molar-refractivity contribution is 5.71. The second-order valence-corrected chi connectivity index (χ2v) is 6.22. The highest BCUT2D eigenvalue weighted by atomic mass is 19.1. The number of hydrogen-bond donors (Lipinski definition) is 0. The van der Waals surface area contributed by atoms with Gasteiger partial charge in [0.05, 0.1) is 12.6 Å². The summed E-state index contributed by atoms with van der Waals surface area (Å²) in [6.07, 6.45) is 0. The van der Waals surface area contributed by atoms with Gasteiger partial charge in [-0.3, -0.25) is 0 Å². The van der Waals surface area contributed by atoms with Crippen molar-refractivity contribution in [3.05, 3.63) is 71.0 Å². The van der Waals surface area contributed by atoms with Gasteiger partial charge in [0.15, 0.2) is 0 Å². The molecule has 2 aliphatic heterocycles. The summed E-state index contributed by atoms with van der Waals surface area (Å²) in [4.78, 5) is 2.44. The normalized spacial score (nSPS) is 22.7. The van der Waals surface area contributed by atoms with E-state index in [-0.39, 0.29) is 5.82 Å². The first-order chi connectivity index (χ1) is 11.2. The quantitative estimate of drug-likeness (QED) is 0.801. The van der Waals surface area contributed by atoms with E-state index in [1.165, 1.54) is 29.0 Å². The molecular formula is C20H20FNO. The predicted octanol–water partition coefficient (Wildman–Crippen LogP) is 4.64. The first kappa shape index (κ1) is 14.3. The van der Waals surface area contributed by atoms with Gasteiger partial charge in [0.2, 0.25) is 0 Å². The zero-order valence-electron chi connectivity index (χ0n) is 13.4. The Morgan fingerprint density at radius 3 is 2.61 bits per heavy atom. The van der Waals surface area contributed by atoms with E-state index in [1.54, 1.807) is 0 Å². The molecule has 2 aromatic carbocycles. The first-order valence-corrected chi connectivity index (χ1v) is 8.15. The fraction of sp³-hybridized carbons (Fsp3) is 0.300. The standard InChI is InChI=1S/C20H20FNO/c1-3-22-19(14-8-10-15(21)11-9-14)13(2)17-12-23-18-7-5-4-6-16(18)20(17)22/h4-11,17,20H,3,12H2,1-2H3. The Balaban J connectivity index is 1.82. The number of fused-ring (bicyclic) bond motifs is 3. The zero-order valence-corrected chi connectivity index (χ0v) is 13.4. The number of rotatable bonds is 2. The highest BCUT2D eigenvalue weighted by Gasteiger charge is 2.43. The molecule has 0 radical (unpaired) electrons. The predicted molar refractivity (Wildman–Crippen MR) is 89.5 cm³/mol. The molecule has 2 atom stereocenters. The van der Waals surface area contributed by atoms with Crippen LogP contribution in [0.2, 0.25) is 0 Å². The summed E-state index contributed by atoms with van der Waals surface area (Å²) in [7, 11) is 0. The van der Waals surface area contributed by atoms with Crippen molar-refractivity contribution in [3.63, 3.8) is 0 Å². The van der Waals surface area contributed by atoms with Gasteiger partial charge in [-0.2, -0.15) is 0 Å². The molecule has 0 spiro atoms. The summed E-state index contributed by atoms with van der Waals surface area (Å²) in [5.74, 6) is 1.14. The summed E-state index contributed by atoms with van der Waals surface area (Å²) < 4.78 is 19.3. The van der Waals surface area contributed by atoms with Gasteiger partial charge in [0, 0.05) is 23.7 Å². The molecule has 2 aliphatic rings. The fourth-order valence-corrected chi connectivity index (χ4v) is 3.99. The second kappa shape index (κ2) is 5.41. The third-order valence-electron chi connectivity index (χ3n) is 5.05. The Labute approximate surface area is 136 Å². The molecule has 0 aromatic heterocycles. The lowest BCUT2D eigenvalue weighted by molar-refractivity contribution is 0.164. The summed E-state index contributed by atoms with van der Waals surface area (Å²) in [6.45, 7) is 5.98. The minimum Gasteiger partial charge on any atom is -0.493 e. The van der Waals surface area contributed by atoms with Crippen LogP contribution < -0.4 is 4.74 Å². The Bertz CT molecular complexity index is 765. The Kier molecular flexibility index (Phi) is 3.37. The Morgan fingerprint density at radius 1 is 1.13 bits per heavy atom. The zero-order chi connectivity index (χ0) is 16.0. The smallest absolute Gasteiger partial charge is 0.124 e. The SMILES string of the molecule is CCN1C(c2ccc(F)cc2)=C(C)C2COc3ccccc3C21. The molecule has 2 unspecified atom stereocenters. The van der Waals surface area contributed by atoms with Crippen LogP contribution in [0.15, 0.2) is 54.1 Å². The summed E-state index contributed by atoms with van der Waals surface area (Å²) in [5, 5.41) is 0. The van der Waals surface area contributed by atoms with Gasteiger partial charge < -0.3 is 9.64 Å². The van der Waals surface area contributed by atoms with Gasteiger partial charge in [-0.25, -0.2) is 4.39 Å². The van der Waals surface area contributed by atoms with E-state index >= 15 is 0 Å². The lowest BCUT2D eigenvalue weighted by Gasteiger charge is -2.36. The van der Waals surface area contributed by atoms with Crippen molar-refractivity contribution in [2.24, 2.45) is 5.92 Å². The van der Waals surface area contributed by atoms with E-state index in [2.05, 4.69) is 30.9 Å². The number of nitrogens with zero attached hydrogens (tertiary/aromatic N) is 1. The average molecular weight is 309 g/mol. The van der Waals surface area contributed by atoms with Crippen molar-refractivity contribution in [1.82, 2.24) is 4.90 Å². The topological polar surface area (TPSA) is 12.5 Å². The van der Waals surface area contributed by atoms with Gasteiger partial charge in [0.1, 0.15) is 11.6 Å². The van der Waals surface area contributed by atoms with E-state index in [4.69, 9.17) is 4.74 Å². The summed E-state index contributed by atoms with van der Waals surface area (Å²) in [6, 6.07) is 15.4. The molecule has 0 bridgehead atoms. The van der Waals surface area contributed by atoms with Gasteiger partial charge >= 0.3 is 0 Å². The number of hydrogen-bond acceptors (Lipinski definition) is 2. The average Bonchev–Trinajstić information content (AvgIpc) is 2.88. The molecule has 0 aliphatic carbocycles. The van der Waals surface area contributed by atoms with Crippen LogP contribution in [0.1, 0.15) is 31.0 Å². The van der Waals surface area contributed by atoms with Crippen molar-refractivity contribution >= 4 is 5.70 Å². The molecule has 0 saturated carbocycles. The van der Waals surface area contributed by atoms with E-state index in [9.17, 15) is 4.39 Å². The van der Waals surface area contributed by atoms with Crippen LogP contribution in [0.3, 0.4) is 0 Å². The van der Waals surface area contributed by atoms with Crippen molar-refractivity contribution in [1.29, 1.82) is 0 Å². The minimum absolute atomic E-state index is 0.195. The van der Waals surface area contributed by atoms with E-state index < -0.39 is 0 Å². The largest absolute Gasteiger partial charge is 0.493 e. The van der Waals surface area contributed by atoms with E-state index in [1.807, 2.05) is 24.3 Å². The molecule has 2 nitrogen and oxygen atoms in total. The summed E-state index contributed by atoms with van der Waals surface area (Å²) >= 11 is 0. The van der Waals surface area contributed by atoms with Crippen LogP contribution in [0, 0.1) is 11.7 Å². The lowest BCUT2D eigenvalue weighted by atomic mass is 9.88. The van der Waals surface area contributed by atoms with Crippen molar-refractivity contribution in [2.45, 2.75) is 19.9 Å².